The Balaban J connectivity index is 2.17. The van der Waals surface area contributed by atoms with Crippen molar-refractivity contribution in [3.05, 3.63) is 47.2 Å². The number of terminal acetylenes is 1. The van der Waals surface area contributed by atoms with Crippen molar-refractivity contribution < 1.29 is 4.79 Å². The predicted octanol–water partition coefficient (Wildman–Crippen LogP) is 1.95. The minimum Gasteiger partial charge on any atom is -0.305 e. The standard InChI is InChI=1S/C13H11N3O/c1-3-10-5-4-6-11(8-10)13(17)14-12-7-9(2)15-16-12/h1,4-8H,2H3,(H2,14,15,16,17). The van der Waals surface area contributed by atoms with E-state index in [2.05, 4.69) is 21.4 Å². The smallest absolute Gasteiger partial charge is 0.256 e. The number of amides is 1. The Morgan fingerprint density at radius 1 is 1.47 bits per heavy atom. The number of aromatic nitrogens is 2. The van der Waals surface area contributed by atoms with Crippen LogP contribution in [0.2, 0.25) is 0 Å². The van der Waals surface area contributed by atoms with Crippen molar-refractivity contribution in [1.82, 2.24) is 10.2 Å². The normalized spacial score (nSPS) is 9.65. The van der Waals surface area contributed by atoms with E-state index in [0.717, 1.165) is 5.69 Å². The maximum absolute atomic E-state index is 11.9. The number of H-pyrrole nitrogens is 1. The monoisotopic (exact) mass is 225 g/mol. The summed E-state index contributed by atoms with van der Waals surface area (Å²) < 4.78 is 0. The summed E-state index contributed by atoms with van der Waals surface area (Å²) in [5.74, 6) is 2.76. The quantitative estimate of drug-likeness (QED) is 0.767. The molecule has 1 aromatic heterocycles. The van der Waals surface area contributed by atoms with Crippen molar-refractivity contribution in [3.63, 3.8) is 0 Å². The van der Waals surface area contributed by atoms with Crippen LogP contribution in [-0.2, 0) is 0 Å². The van der Waals surface area contributed by atoms with Crippen LogP contribution in [0.4, 0.5) is 5.82 Å². The first kappa shape index (κ1) is 11.0. The van der Waals surface area contributed by atoms with Crippen LogP contribution in [0, 0.1) is 19.3 Å². The van der Waals surface area contributed by atoms with E-state index in [1.54, 1.807) is 30.3 Å². The molecule has 4 heteroatoms. The molecule has 0 aliphatic heterocycles. The van der Waals surface area contributed by atoms with E-state index < -0.39 is 0 Å². The third-order valence-corrected chi connectivity index (χ3v) is 2.24. The van der Waals surface area contributed by atoms with Crippen molar-refractivity contribution in [1.29, 1.82) is 0 Å². The van der Waals surface area contributed by atoms with Gasteiger partial charge in [0.15, 0.2) is 5.82 Å². The molecule has 4 nitrogen and oxygen atoms in total. The second kappa shape index (κ2) is 4.54. The number of anilines is 1. The summed E-state index contributed by atoms with van der Waals surface area (Å²) in [5.41, 5.74) is 2.08. The van der Waals surface area contributed by atoms with Gasteiger partial charge in [0.2, 0.25) is 0 Å². The molecular weight excluding hydrogens is 214 g/mol. The Morgan fingerprint density at radius 3 is 2.94 bits per heavy atom. The molecule has 0 atom stereocenters. The summed E-state index contributed by atoms with van der Waals surface area (Å²) in [4.78, 5) is 11.9. The minimum atomic E-state index is -0.228. The first-order valence-corrected chi connectivity index (χ1v) is 5.09. The highest BCUT2D eigenvalue weighted by molar-refractivity contribution is 6.03. The summed E-state index contributed by atoms with van der Waals surface area (Å²) in [7, 11) is 0. The summed E-state index contributed by atoms with van der Waals surface area (Å²) in [6.07, 6.45) is 5.28. The van der Waals surface area contributed by atoms with Gasteiger partial charge in [0, 0.05) is 22.9 Å². The number of carbonyl (C=O) groups is 1. The van der Waals surface area contributed by atoms with Gasteiger partial charge in [-0.25, -0.2) is 0 Å². The highest BCUT2D eigenvalue weighted by Crippen LogP contribution is 2.09. The average molecular weight is 225 g/mol. The molecule has 17 heavy (non-hydrogen) atoms. The summed E-state index contributed by atoms with van der Waals surface area (Å²) in [5, 5.41) is 9.36. The number of benzene rings is 1. The molecule has 1 heterocycles. The molecule has 0 aliphatic carbocycles. The van der Waals surface area contributed by atoms with Crippen LogP contribution in [0.5, 0.6) is 0 Å². The van der Waals surface area contributed by atoms with Crippen molar-refractivity contribution in [2.24, 2.45) is 0 Å². The van der Waals surface area contributed by atoms with E-state index in [4.69, 9.17) is 6.42 Å². The van der Waals surface area contributed by atoms with Crippen LogP contribution in [0.15, 0.2) is 30.3 Å². The number of aryl methyl sites for hydroxylation is 1. The molecule has 84 valence electrons. The van der Waals surface area contributed by atoms with Gasteiger partial charge in [-0.2, -0.15) is 5.10 Å². The van der Waals surface area contributed by atoms with Crippen LogP contribution in [0.3, 0.4) is 0 Å². The summed E-state index contributed by atoms with van der Waals surface area (Å²) >= 11 is 0. The zero-order chi connectivity index (χ0) is 12.3. The third kappa shape index (κ3) is 2.52. The fourth-order valence-corrected chi connectivity index (χ4v) is 1.42. The molecule has 2 aromatic rings. The van der Waals surface area contributed by atoms with Crippen molar-refractivity contribution in [3.8, 4) is 12.3 Å². The summed E-state index contributed by atoms with van der Waals surface area (Å²) in [6.45, 7) is 1.86. The van der Waals surface area contributed by atoms with Crippen molar-refractivity contribution in [2.75, 3.05) is 5.32 Å². The third-order valence-electron chi connectivity index (χ3n) is 2.24. The number of carbonyl (C=O) groups excluding carboxylic acids is 1. The molecule has 0 saturated carbocycles. The molecule has 0 aliphatic rings. The van der Waals surface area contributed by atoms with Gasteiger partial charge in [-0.15, -0.1) is 6.42 Å². The maximum atomic E-state index is 11.9. The zero-order valence-electron chi connectivity index (χ0n) is 9.32. The predicted molar refractivity (Wildman–Crippen MR) is 65.7 cm³/mol. The lowest BCUT2D eigenvalue weighted by molar-refractivity contribution is 0.102. The largest absolute Gasteiger partial charge is 0.305 e. The Labute approximate surface area is 99.1 Å². The van der Waals surface area contributed by atoms with Crippen LogP contribution in [0.25, 0.3) is 0 Å². The van der Waals surface area contributed by atoms with E-state index in [0.29, 0.717) is 16.9 Å². The SMILES string of the molecule is C#Cc1cccc(C(=O)Nc2cc(C)[nH]n2)c1. The van der Waals surface area contributed by atoms with E-state index in [1.807, 2.05) is 6.92 Å². The summed E-state index contributed by atoms with van der Waals surface area (Å²) in [6, 6.07) is 8.64. The highest BCUT2D eigenvalue weighted by Gasteiger charge is 2.07. The fraction of sp³-hybridized carbons (Fsp3) is 0.0769. The van der Waals surface area contributed by atoms with E-state index in [9.17, 15) is 4.79 Å². The van der Waals surface area contributed by atoms with Crippen LogP contribution >= 0.6 is 0 Å². The van der Waals surface area contributed by atoms with Crippen molar-refractivity contribution in [2.45, 2.75) is 6.92 Å². The molecule has 0 spiro atoms. The van der Waals surface area contributed by atoms with Gasteiger partial charge in [-0.1, -0.05) is 12.0 Å². The number of aromatic amines is 1. The Morgan fingerprint density at radius 2 is 2.29 bits per heavy atom. The van der Waals surface area contributed by atoms with E-state index in [1.165, 1.54) is 0 Å². The van der Waals surface area contributed by atoms with Gasteiger partial charge >= 0.3 is 0 Å². The Hall–Kier alpha value is -2.54. The molecule has 2 rings (SSSR count). The number of nitrogens with zero attached hydrogens (tertiary/aromatic N) is 1. The van der Waals surface area contributed by atoms with Gasteiger partial charge in [0.05, 0.1) is 0 Å². The minimum absolute atomic E-state index is 0.228. The molecular formula is C13H11N3O. The second-order valence-corrected chi connectivity index (χ2v) is 3.62. The Kier molecular flexibility index (Phi) is 2.93. The Bertz CT molecular complexity index is 593. The molecule has 1 amide bonds. The van der Waals surface area contributed by atoms with Crippen molar-refractivity contribution >= 4 is 11.7 Å². The highest BCUT2D eigenvalue weighted by atomic mass is 16.1. The van der Waals surface area contributed by atoms with Gasteiger partial charge in [-0.05, 0) is 25.1 Å². The van der Waals surface area contributed by atoms with E-state index in [-0.39, 0.29) is 5.91 Å². The molecule has 0 bridgehead atoms. The lowest BCUT2D eigenvalue weighted by Gasteiger charge is -2.01. The number of hydrogen-bond acceptors (Lipinski definition) is 2. The number of rotatable bonds is 2. The van der Waals surface area contributed by atoms with Crippen LogP contribution in [0.1, 0.15) is 21.6 Å². The molecule has 0 radical (unpaired) electrons. The van der Waals surface area contributed by atoms with Crippen LogP contribution in [-0.4, -0.2) is 16.1 Å². The lowest BCUT2D eigenvalue weighted by atomic mass is 10.1. The zero-order valence-corrected chi connectivity index (χ0v) is 9.32. The van der Waals surface area contributed by atoms with Gasteiger partial charge in [0.25, 0.3) is 5.91 Å². The van der Waals surface area contributed by atoms with E-state index >= 15 is 0 Å². The first-order valence-electron chi connectivity index (χ1n) is 5.09. The number of hydrogen-bond donors (Lipinski definition) is 2. The molecule has 0 fully saturated rings. The fourth-order valence-electron chi connectivity index (χ4n) is 1.42. The first-order chi connectivity index (χ1) is 8.19. The van der Waals surface area contributed by atoms with Gasteiger partial charge < -0.3 is 5.32 Å². The van der Waals surface area contributed by atoms with Gasteiger partial charge in [0.1, 0.15) is 0 Å². The number of nitrogens with one attached hydrogen (secondary N) is 2. The molecule has 1 aromatic carbocycles. The lowest BCUT2D eigenvalue weighted by Crippen LogP contribution is -2.12. The average Bonchev–Trinajstić information content (AvgIpc) is 2.75. The van der Waals surface area contributed by atoms with Gasteiger partial charge in [-0.3, -0.25) is 9.89 Å². The molecule has 0 unspecified atom stereocenters. The van der Waals surface area contributed by atoms with Crippen LogP contribution < -0.4 is 5.32 Å². The second-order valence-electron chi connectivity index (χ2n) is 3.62. The molecule has 0 saturated heterocycles. The molecule has 2 N–H and O–H groups in total. The maximum Gasteiger partial charge on any atom is 0.256 e. The topological polar surface area (TPSA) is 57.8 Å².